The number of carbonyl (C=O) groups is 1. The van der Waals surface area contributed by atoms with Crippen LogP contribution in [0.3, 0.4) is 0 Å². The van der Waals surface area contributed by atoms with Crippen molar-refractivity contribution in [2.75, 3.05) is 32.7 Å². The number of aromatic nitrogens is 3. The minimum absolute atomic E-state index is 0.289. The second-order valence-corrected chi connectivity index (χ2v) is 9.03. The Morgan fingerprint density at radius 3 is 2.90 bits per heavy atom. The fraction of sp³-hybridized carbons (Fsp3) is 0.500. The van der Waals surface area contributed by atoms with Gasteiger partial charge in [-0.05, 0) is 55.0 Å². The SMILES string of the molecule is Cn1cnc(CN2CCC[C@@H](CC(=O)N3CCC4=C(C3)C(c3ccncc3)=NC4)C2)c1. The number of amides is 1. The summed E-state index contributed by atoms with van der Waals surface area (Å²) in [6, 6.07) is 4.02. The van der Waals surface area contributed by atoms with Crippen LogP contribution in [-0.4, -0.2) is 68.7 Å². The van der Waals surface area contributed by atoms with Crippen molar-refractivity contribution in [3.63, 3.8) is 0 Å². The van der Waals surface area contributed by atoms with Crippen molar-refractivity contribution in [2.24, 2.45) is 18.0 Å². The van der Waals surface area contributed by atoms with Crippen LogP contribution in [0.25, 0.3) is 0 Å². The van der Waals surface area contributed by atoms with Gasteiger partial charge in [0.15, 0.2) is 0 Å². The Labute approximate surface area is 183 Å². The minimum Gasteiger partial charge on any atom is -0.340 e. The molecule has 0 aliphatic carbocycles. The summed E-state index contributed by atoms with van der Waals surface area (Å²) in [6.45, 7) is 5.24. The molecule has 7 heteroatoms. The fourth-order valence-electron chi connectivity index (χ4n) is 5.09. The summed E-state index contributed by atoms with van der Waals surface area (Å²) in [7, 11) is 2.00. The lowest BCUT2D eigenvalue weighted by Gasteiger charge is -2.34. The molecule has 162 valence electrons. The van der Waals surface area contributed by atoms with E-state index < -0.39 is 0 Å². The molecule has 0 aromatic carbocycles. The van der Waals surface area contributed by atoms with Crippen molar-refractivity contribution in [1.29, 1.82) is 0 Å². The summed E-state index contributed by atoms with van der Waals surface area (Å²) in [5.74, 6) is 0.717. The zero-order valence-corrected chi connectivity index (χ0v) is 18.2. The average molecular weight is 419 g/mol. The van der Waals surface area contributed by atoms with Crippen molar-refractivity contribution in [3.8, 4) is 0 Å². The molecule has 1 fully saturated rings. The first kappa shape index (κ1) is 20.1. The number of aliphatic imine (C=N–C) groups is 1. The molecule has 0 radical (unpaired) electrons. The molecule has 3 aliphatic heterocycles. The van der Waals surface area contributed by atoms with Crippen molar-refractivity contribution < 1.29 is 4.79 Å². The van der Waals surface area contributed by atoms with Gasteiger partial charge in [0.25, 0.3) is 0 Å². The molecule has 1 atom stereocenters. The lowest BCUT2D eigenvalue weighted by Crippen LogP contribution is -2.41. The molecule has 0 unspecified atom stereocenters. The maximum atomic E-state index is 13.2. The Morgan fingerprint density at radius 1 is 1.23 bits per heavy atom. The maximum Gasteiger partial charge on any atom is 0.223 e. The molecule has 0 spiro atoms. The van der Waals surface area contributed by atoms with Gasteiger partial charge in [-0.25, -0.2) is 4.98 Å². The number of aryl methyl sites for hydroxylation is 1. The monoisotopic (exact) mass is 418 g/mol. The van der Waals surface area contributed by atoms with E-state index in [9.17, 15) is 4.79 Å². The van der Waals surface area contributed by atoms with Crippen LogP contribution >= 0.6 is 0 Å². The van der Waals surface area contributed by atoms with E-state index in [2.05, 4.69) is 26.0 Å². The van der Waals surface area contributed by atoms with E-state index in [0.717, 1.165) is 69.0 Å². The summed E-state index contributed by atoms with van der Waals surface area (Å²) in [5, 5.41) is 0. The van der Waals surface area contributed by atoms with Gasteiger partial charge in [-0.15, -0.1) is 0 Å². The fourth-order valence-corrected chi connectivity index (χ4v) is 5.09. The number of nitrogens with zero attached hydrogens (tertiary/aromatic N) is 6. The highest BCUT2D eigenvalue weighted by atomic mass is 16.2. The average Bonchev–Trinajstić information content (AvgIpc) is 3.40. The van der Waals surface area contributed by atoms with Crippen molar-refractivity contribution in [2.45, 2.75) is 32.2 Å². The first-order chi connectivity index (χ1) is 15.2. The number of imidazole rings is 1. The van der Waals surface area contributed by atoms with Gasteiger partial charge in [0.05, 0.1) is 24.3 Å². The quantitative estimate of drug-likeness (QED) is 0.748. The standard InChI is InChI=1S/C24H30N6O/c1-28-14-21(27-17-28)15-29-9-2-3-18(13-29)11-23(31)30-10-6-20-12-26-24(22(20)16-30)19-4-7-25-8-5-19/h4-5,7-8,14,17-18H,2-3,6,9-13,15-16H2,1H3/t18-/m0/s1. The van der Waals surface area contributed by atoms with Gasteiger partial charge in [-0.2, -0.15) is 0 Å². The molecule has 2 aromatic heterocycles. The number of carbonyl (C=O) groups excluding carboxylic acids is 1. The van der Waals surface area contributed by atoms with Crippen LogP contribution in [0, 0.1) is 5.92 Å². The van der Waals surface area contributed by atoms with Crippen molar-refractivity contribution in [3.05, 3.63) is 59.5 Å². The largest absolute Gasteiger partial charge is 0.340 e. The molecule has 5 heterocycles. The highest BCUT2D eigenvalue weighted by Gasteiger charge is 2.31. The molecule has 31 heavy (non-hydrogen) atoms. The molecule has 5 rings (SSSR count). The predicted octanol–water partition coefficient (Wildman–Crippen LogP) is 2.45. The Morgan fingerprint density at radius 2 is 2.10 bits per heavy atom. The first-order valence-electron chi connectivity index (χ1n) is 11.3. The van der Waals surface area contributed by atoms with Crippen LogP contribution in [-0.2, 0) is 18.4 Å². The number of rotatable bonds is 5. The van der Waals surface area contributed by atoms with E-state index >= 15 is 0 Å². The van der Waals surface area contributed by atoms with Crippen LogP contribution in [0.2, 0.25) is 0 Å². The predicted molar refractivity (Wildman–Crippen MR) is 120 cm³/mol. The summed E-state index contributed by atoms with van der Waals surface area (Å²) in [6.07, 6.45) is 11.4. The van der Waals surface area contributed by atoms with Crippen LogP contribution in [0.1, 0.15) is 36.9 Å². The molecule has 2 aromatic rings. The van der Waals surface area contributed by atoms with Gasteiger partial charge in [0, 0.05) is 63.8 Å². The Kier molecular flexibility index (Phi) is 5.68. The van der Waals surface area contributed by atoms with Gasteiger partial charge in [0.2, 0.25) is 5.91 Å². The van der Waals surface area contributed by atoms with E-state index in [1.54, 1.807) is 0 Å². The third kappa shape index (κ3) is 4.46. The van der Waals surface area contributed by atoms with Crippen LogP contribution < -0.4 is 0 Å². The van der Waals surface area contributed by atoms with Gasteiger partial charge in [-0.1, -0.05) is 0 Å². The molecular formula is C24H30N6O. The summed E-state index contributed by atoms with van der Waals surface area (Å²) >= 11 is 0. The molecule has 7 nitrogen and oxygen atoms in total. The summed E-state index contributed by atoms with van der Waals surface area (Å²) in [4.78, 5) is 31.0. The van der Waals surface area contributed by atoms with Crippen LogP contribution in [0.4, 0.5) is 0 Å². The van der Waals surface area contributed by atoms with E-state index in [1.807, 2.05) is 42.5 Å². The molecular weight excluding hydrogens is 388 g/mol. The van der Waals surface area contributed by atoms with Gasteiger partial charge in [0.1, 0.15) is 0 Å². The minimum atomic E-state index is 0.289. The highest BCUT2D eigenvalue weighted by Crippen LogP contribution is 2.29. The molecule has 1 saturated heterocycles. The Balaban J connectivity index is 1.19. The topological polar surface area (TPSA) is 66.6 Å². The molecule has 0 bridgehead atoms. The normalized spacial score (nSPS) is 21.9. The van der Waals surface area contributed by atoms with Crippen molar-refractivity contribution in [1.82, 2.24) is 24.3 Å². The number of hydrogen-bond donors (Lipinski definition) is 0. The zero-order valence-electron chi connectivity index (χ0n) is 18.2. The number of piperidine rings is 1. The van der Waals surface area contributed by atoms with Gasteiger partial charge >= 0.3 is 0 Å². The number of hydrogen-bond acceptors (Lipinski definition) is 5. The molecule has 0 N–H and O–H groups in total. The second kappa shape index (κ2) is 8.75. The second-order valence-electron chi connectivity index (χ2n) is 9.03. The van der Waals surface area contributed by atoms with E-state index in [0.29, 0.717) is 18.9 Å². The van der Waals surface area contributed by atoms with Crippen molar-refractivity contribution >= 4 is 11.6 Å². The lowest BCUT2D eigenvalue weighted by atomic mass is 9.92. The first-order valence-corrected chi connectivity index (χ1v) is 11.3. The molecule has 0 saturated carbocycles. The molecule has 1 amide bonds. The van der Waals surface area contributed by atoms with E-state index in [4.69, 9.17) is 4.99 Å². The van der Waals surface area contributed by atoms with Crippen LogP contribution in [0.15, 0.2) is 53.2 Å². The number of likely N-dealkylation sites (tertiary alicyclic amines) is 1. The third-order valence-corrected chi connectivity index (χ3v) is 6.69. The summed E-state index contributed by atoms with van der Waals surface area (Å²) < 4.78 is 1.99. The Bertz CT molecular complexity index is 1010. The van der Waals surface area contributed by atoms with E-state index in [1.165, 1.54) is 11.1 Å². The number of pyridine rings is 1. The third-order valence-electron chi connectivity index (χ3n) is 6.69. The van der Waals surface area contributed by atoms with Crippen LogP contribution in [0.5, 0.6) is 0 Å². The Hall–Kier alpha value is -2.80. The highest BCUT2D eigenvalue weighted by molar-refractivity contribution is 6.15. The maximum absolute atomic E-state index is 13.2. The van der Waals surface area contributed by atoms with E-state index in [-0.39, 0.29) is 5.91 Å². The lowest BCUT2D eigenvalue weighted by molar-refractivity contribution is -0.132. The molecule has 3 aliphatic rings. The van der Waals surface area contributed by atoms with Gasteiger partial charge in [-0.3, -0.25) is 19.7 Å². The van der Waals surface area contributed by atoms with Gasteiger partial charge < -0.3 is 9.47 Å². The summed E-state index contributed by atoms with van der Waals surface area (Å²) in [5.41, 5.74) is 5.91. The smallest absolute Gasteiger partial charge is 0.223 e. The zero-order chi connectivity index (χ0) is 21.2.